The quantitative estimate of drug-likeness (QED) is 0.0383. The number of hydrogen-bond acceptors (Lipinski definition) is 15. The Balaban J connectivity index is 3.98. The number of carboxylic acids is 1. The van der Waals surface area contributed by atoms with Crippen LogP contribution in [0.25, 0.3) is 0 Å². The zero-order chi connectivity index (χ0) is 60.3. The number of unbranched alkanes of at least 4 members (excludes halogenated alkanes) is 4. The standard InChI is InChI=1S/C54H95N9O16/c1-13-14-15-16-17-18-34(66)25-42(67)55-36(21-28(2)3)47(71)56-35(19-20-43(68)69)46(70)63-45-33(12)79-54(78)39(24-31(8)9)59-51(75)41(27-65)61-48(72)37(22-29(4)5)57-50(74)40(26-64)60-49(73)38(23-30(6)7)58-52(76)44(32(10)11)62-53(45)77/h28-41,44-45,64-66H,13-27H2,1-12H3,(H,55,67)(H,56,71)(H,57,74)(H,58,76)(H,59,75)(H,60,73)(H,61,72)(H,62,77)(H,63,70)(H,68,69)/t33-,34+,35-,36+,37+,38+,39+,40-,41-,44-,45-/m1/s1. The molecule has 0 bridgehead atoms. The molecule has 13 N–H and O–H groups in total. The molecule has 1 saturated heterocycles. The van der Waals surface area contributed by atoms with Crippen LogP contribution in [0.2, 0.25) is 0 Å². The SMILES string of the molecule is CCCCCCC[C@H](O)CC(=O)N[C@@H](CC(C)C)C(=O)N[C@H](CCC(=O)O)C(=O)N[C@H]1C(=O)N[C@H](C(C)C)C(=O)N[C@@H](CC(C)C)C(=O)N[C@H](CO)C(=O)N[C@@H](CC(C)C)C(=O)N[C@H](CO)C(=O)N[C@@H](CC(C)C)C(=O)O[C@@H]1C. The first kappa shape index (κ1) is 71.1. The van der Waals surface area contributed by atoms with Crippen LogP contribution in [-0.2, 0) is 57.5 Å². The molecule has 0 aromatic rings. The molecule has 1 aliphatic rings. The Morgan fingerprint density at radius 2 is 1.03 bits per heavy atom. The summed E-state index contributed by atoms with van der Waals surface area (Å²) in [6.45, 7) is 18.4. The Morgan fingerprint density at radius 3 is 1.49 bits per heavy atom. The van der Waals surface area contributed by atoms with Crippen LogP contribution in [-0.4, -0.2) is 165 Å². The first-order chi connectivity index (χ1) is 36.9. The van der Waals surface area contributed by atoms with E-state index in [0.29, 0.717) is 12.8 Å². The van der Waals surface area contributed by atoms with E-state index in [2.05, 4.69) is 54.8 Å². The number of esters is 1. The van der Waals surface area contributed by atoms with Crippen LogP contribution in [0.15, 0.2) is 0 Å². The molecular weight excluding hydrogens is 1030 g/mol. The van der Waals surface area contributed by atoms with Gasteiger partial charge in [-0.15, -0.1) is 0 Å². The van der Waals surface area contributed by atoms with E-state index in [1.54, 1.807) is 69.2 Å². The van der Waals surface area contributed by atoms with Crippen molar-refractivity contribution in [3.8, 4) is 0 Å². The normalized spacial score (nSPS) is 23.7. The highest BCUT2D eigenvalue weighted by molar-refractivity contribution is 5.99. The van der Waals surface area contributed by atoms with Crippen molar-refractivity contribution in [3.63, 3.8) is 0 Å². The number of nitrogens with one attached hydrogen (secondary N) is 9. The van der Waals surface area contributed by atoms with E-state index in [-0.39, 0.29) is 55.8 Å². The van der Waals surface area contributed by atoms with Crippen LogP contribution in [0.4, 0.5) is 0 Å². The minimum Gasteiger partial charge on any atom is -0.481 e. The molecule has 9 amide bonds. The van der Waals surface area contributed by atoms with Crippen molar-refractivity contribution in [2.75, 3.05) is 13.2 Å². The van der Waals surface area contributed by atoms with E-state index in [0.717, 1.165) is 25.7 Å². The second-order valence-corrected chi connectivity index (χ2v) is 22.7. The molecular formula is C54H95N9O16. The van der Waals surface area contributed by atoms with E-state index in [1.807, 2.05) is 0 Å². The number of aliphatic carboxylic acids is 1. The molecule has 79 heavy (non-hydrogen) atoms. The van der Waals surface area contributed by atoms with Gasteiger partial charge in [0, 0.05) is 6.42 Å². The van der Waals surface area contributed by atoms with Gasteiger partial charge >= 0.3 is 11.9 Å². The summed E-state index contributed by atoms with van der Waals surface area (Å²) in [6.07, 6.45) is 0.716. The maximum atomic E-state index is 14.7. The summed E-state index contributed by atoms with van der Waals surface area (Å²) in [5, 5.41) is 63.5. The molecule has 0 aromatic heterocycles. The van der Waals surface area contributed by atoms with Crippen molar-refractivity contribution in [2.24, 2.45) is 29.6 Å². The Labute approximate surface area is 465 Å². The van der Waals surface area contributed by atoms with Gasteiger partial charge in [0.05, 0.1) is 25.7 Å². The van der Waals surface area contributed by atoms with E-state index >= 15 is 0 Å². The molecule has 25 heteroatoms. The summed E-state index contributed by atoms with van der Waals surface area (Å²) >= 11 is 0. The molecule has 0 unspecified atom stereocenters. The van der Waals surface area contributed by atoms with E-state index in [9.17, 15) is 73.2 Å². The Kier molecular flexibility index (Phi) is 32.7. The van der Waals surface area contributed by atoms with Crippen LogP contribution in [0.5, 0.6) is 0 Å². The van der Waals surface area contributed by atoms with Crippen molar-refractivity contribution >= 4 is 65.1 Å². The molecule has 1 fully saturated rings. The van der Waals surface area contributed by atoms with Crippen molar-refractivity contribution in [2.45, 2.75) is 233 Å². The average Bonchev–Trinajstić information content (AvgIpc) is 3.34. The number of rotatable bonds is 27. The molecule has 0 aliphatic carbocycles. The maximum Gasteiger partial charge on any atom is 0.328 e. The van der Waals surface area contributed by atoms with Crippen molar-refractivity contribution in [3.05, 3.63) is 0 Å². The van der Waals surface area contributed by atoms with Gasteiger partial charge in [0.1, 0.15) is 60.5 Å². The summed E-state index contributed by atoms with van der Waals surface area (Å²) in [4.78, 5) is 152. The van der Waals surface area contributed by atoms with Gasteiger partial charge in [-0.05, 0) is 75.0 Å². The minimum atomic E-state index is -1.95. The molecule has 1 heterocycles. The lowest BCUT2D eigenvalue weighted by Crippen LogP contribution is -2.63. The second-order valence-electron chi connectivity index (χ2n) is 22.7. The first-order valence-corrected chi connectivity index (χ1v) is 28.0. The summed E-state index contributed by atoms with van der Waals surface area (Å²) < 4.78 is 5.80. The van der Waals surface area contributed by atoms with Gasteiger partial charge in [-0.2, -0.15) is 0 Å². The fraction of sp³-hybridized carbons (Fsp3) is 0.796. The zero-order valence-electron chi connectivity index (χ0n) is 48.5. The largest absolute Gasteiger partial charge is 0.481 e. The number of aliphatic hydroxyl groups excluding tert-OH is 3. The van der Waals surface area contributed by atoms with E-state index in [1.165, 1.54) is 6.92 Å². The summed E-state index contributed by atoms with van der Waals surface area (Å²) in [5.74, 6) is -13.0. The van der Waals surface area contributed by atoms with Crippen LogP contribution < -0.4 is 47.9 Å². The smallest absolute Gasteiger partial charge is 0.328 e. The molecule has 452 valence electrons. The Bertz CT molecular complexity index is 2020. The molecule has 0 spiro atoms. The number of carbonyl (C=O) groups is 11. The lowest BCUT2D eigenvalue weighted by Gasteiger charge is -2.32. The van der Waals surface area contributed by atoms with Gasteiger partial charge in [-0.1, -0.05) is 108 Å². The van der Waals surface area contributed by atoms with Crippen molar-refractivity contribution in [1.82, 2.24) is 47.9 Å². The monoisotopic (exact) mass is 1130 g/mol. The van der Waals surface area contributed by atoms with E-state index < -0.39 is 164 Å². The zero-order valence-corrected chi connectivity index (χ0v) is 48.5. The number of cyclic esters (lactones) is 1. The summed E-state index contributed by atoms with van der Waals surface area (Å²) in [6, 6.07) is -14.1. The Morgan fingerprint density at radius 1 is 0.557 bits per heavy atom. The van der Waals surface area contributed by atoms with Gasteiger partial charge < -0.3 is 73.0 Å². The summed E-state index contributed by atoms with van der Waals surface area (Å²) in [7, 11) is 0. The lowest BCUT2D eigenvalue weighted by atomic mass is 9.98. The molecule has 1 aliphatic heterocycles. The number of amides is 9. The van der Waals surface area contributed by atoms with Gasteiger partial charge in [-0.3, -0.25) is 47.9 Å². The highest BCUT2D eigenvalue weighted by atomic mass is 16.5. The first-order valence-electron chi connectivity index (χ1n) is 28.0. The fourth-order valence-corrected chi connectivity index (χ4v) is 8.66. The number of carbonyl (C=O) groups excluding carboxylic acids is 10. The predicted octanol–water partition coefficient (Wildman–Crippen LogP) is 0.0962. The van der Waals surface area contributed by atoms with Crippen LogP contribution >= 0.6 is 0 Å². The van der Waals surface area contributed by atoms with Gasteiger partial charge in [0.2, 0.25) is 53.2 Å². The molecule has 25 nitrogen and oxygen atoms in total. The highest BCUT2D eigenvalue weighted by Gasteiger charge is 2.40. The van der Waals surface area contributed by atoms with Crippen LogP contribution in [0.3, 0.4) is 0 Å². The lowest BCUT2D eigenvalue weighted by molar-refractivity contribution is -0.157. The topological polar surface area (TPSA) is 386 Å². The van der Waals surface area contributed by atoms with Crippen molar-refractivity contribution in [1.29, 1.82) is 0 Å². The highest BCUT2D eigenvalue weighted by Crippen LogP contribution is 2.16. The molecule has 1 rings (SSSR count). The molecule has 0 aromatic carbocycles. The predicted molar refractivity (Wildman–Crippen MR) is 291 cm³/mol. The third kappa shape index (κ3) is 27.2. The third-order valence-corrected chi connectivity index (χ3v) is 12.9. The van der Waals surface area contributed by atoms with E-state index in [4.69, 9.17) is 4.74 Å². The molecule has 0 radical (unpaired) electrons. The second kappa shape index (κ2) is 36.3. The Hall–Kier alpha value is -5.95. The number of hydrogen-bond donors (Lipinski definition) is 13. The van der Waals surface area contributed by atoms with Crippen molar-refractivity contribution < 1.29 is 77.9 Å². The number of carboxylic acid groups (broad SMARTS) is 1. The number of ether oxygens (including phenoxy) is 1. The van der Waals surface area contributed by atoms with Crippen LogP contribution in [0, 0.1) is 29.6 Å². The maximum absolute atomic E-state index is 14.7. The number of aliphatic hydroxyl groups is 3. The minimum absolute atomic E-state index is 0.00953. The van der Waals surface area contributed by atoms with Gasteiger partial charge in [0.25, 0.3) is 0 Å². The molecule has 0 saturated carbocycles. The third-order valence-electron chi connectivity index (χ3n) is 12.9. The fourth-order valence-electron chi connectivity index (χ4n) is 8.66. The van der Waals surface area contributed by atoms with Gasteiger partial charge in [-0.25, -0.2) is 4.79 Å². The van der Waals surface area contributed by atoms with Crippen LogP contribution in [0.1, 0.15) is 167 Å². The average molecular weight is 1130 g/mol. The van der Waals surface area contributed by atoms with Gasteiger partial charge in [0.15, 0.2) is 0 Å². The summed E-state index contributed by atoms with van der Waals surface area (Å²) in [5.41, 5.74) is 0. The molecule has 11 atom stereocenters.